The van der Waals surface area contributed by atoms with Crippen LogP contribution >= 0.6 is 0 Å². The fourth-order valence-corrected chi connectivity index (χ4v) is 1.39. The molecule has 0 saturated carbocycles. The van der Waals surface area contributed by atoms with E-state index in [1.165, 1.54) is 6.20 Å². The minimum Gasteiger partial charge on any atom is -0.399 e. The van der Waals surface area contributed by atoms with Gasteiger partial charge in [0, 0.05) is 11.9 Å². The van der Waals surface area contributed by atoms with Crippen LogP contribution in [0.2, 0.25) is 0 Å². The average Bonchev–Trinajstić information content (AvgIpc) is 2.70. The van der Waals surface area contributed by atoms with Crippen molar-refractivity contribution in [3.05, 3.63) is 47.8 Å². The minimum atomic E-state index is -0.469. The van der Waals surface area contributed by atoms with Crippen LogP contribution in [0.5, 0.6) is 0 Å². The number of nitrogens with two attached hydrogens (primary N) is 2. The van der Waals surface area contributed by atoms with E-state index in [2.05, 4.69) is 5.10 Å². The lowest BCUT2D eigenvalue weighted by atomic mass is 10.2. The Bertz CT molecular complexity index is 501. The molecule has 0 radical (unpaired) electrons. The zero-order valence-corrected chi connectivity index (χ0v) is 8.63. The lowest BCUT2D eigenvalue weighted by Crippen LogP contribution is -2.09. The van der Waals surface area contributed by atoms with E-state index in [4.69, 9.17) is 11.5 Å². The molecular weight excluding hydrogens is 204 g/mol. The first-order valence-corrected chi connectivity index (χ1v) is 4.82. The summed E-state index contributed by atoms with van der Waals surface area (Å²) in [5.74, 6) is -0.469. The third-order valence-electron chi connectivity index (χ3n) is 2.24. The van der Waals surface area contributed by atoms with Crippen molar-refractivity contribution in [1.29, 1.82) is 0 Å². The molecule has 5 nitrogen and oxygen atoms in total. The van der Waals surface area contributed by atoms with Crippen molar-refractivity contribution in [1.82, 2.24) is 9.78 Å². The molecule has 0 aliphatic heterocycles. The predicted octanol–water partition coefficient (Wildman–Crippen LogP) is 0.612. The van der Waals surface area contributed by atoms with E-state index in [1.807, 2.05) is 24.3 Å². The first-order chi connectivity index (χ1) is 7.65. The number of benzene rings is 1. The van der Waals surface area contributed by atoms with E-state index < -0.39 is 5.91 Å². The zero-order chi connectivity index (χ0) is 11.5. The van der Waals surface area contributed by atoms with Crippen molar-refractivity contribution < 1.29 is 4.79 Å². The van der Waals surface area contributed by atoms with Gasteiger partial charge in [0.05, 0.1) is 18.3 Å². The van der Waals surface area contributed by atoms with Crippen LogP contribution in [-0.2, 0) is 6.54 Å². The third-order valence-corrected chi connectivity index (χ3v) is 2.24. The number of primary amides is 1. The van der Waals surface area contributed by atoms with E-state index in [-0.39, 0.29) is 0 Å². The molecule has 4 N–H and O–H groups in total. The van der Waals surface area contributed by atoms with Gasteiger partial charge in [-0.3, -0.25) is 9.48 Å². The molecule has 1 aromatic carbocycles. The number of anilines is 1. The van der Waals surface area contributed by atoms with E-state index in [0.29, 0.717) is 12.1 Å². The standard InChI is InChI=1S/C11H12N4O/c12-10-3-1-8(2-4-10)6-15-7-9(5-14-15)11(13)16/h1-5,7H,6,12H2,(H2,13,16). The summed E-state index contributed by atoms with van der Waals surface area (Å²) >= 11 is 0. The van der Waals surface area contributed by atoms with Gasteiger partial charge >= 0.3 is 0 Å². The highest BCUT2D eigenvalue weighted by molar-refractivity contribution is 5.92. The number of hydrogen-bond donors (Lipinski definition) is 2. The maximum atomic E-state index is 10.9. The molecular formula is C11H12N4O. The first kappa shape index (κ1) is 10.2. The van der Waals surface area contributed by atoms with Crippen molar-refractivity contribution in [3.63, 3.8) is 0 Å². The molecule has 5 heteroatoms. The largest absolute Gasteiger partial charge is 0.399 e. The molecule has 0 atom stereocenters. The topological polar surface area (TPSA) is 86.9 Å². The van der Waals surface area contributed by atoms with Gasteiger partial charge in [-0.1, -0.05) is 12.1 Å². The summed E-state index contributed by atoms with van der Waals surface area (Å²) in [6, 6.07) is 7.49. The zero-order valence-electron chi connectivity index (χ0n) is 8.63. The van der Waals surface area contributed by atoms with E-state index >= 15 is 0 Å². The number of amides is 1. The van der Waals surface area contributed by atoms with E-state index in [9.17, 15) is 4.79 Å². The van der Waals surface area contributed by atoms with Crippen molar-refractivity contribution in [2.24, 2.45) is 5.73 Å². The van der Waals surface area contributed by atoms with Gasteiger partial charge < -0.3 is 11.5 Å². The number of aromatic nitrogens is 2. The van der Waals surface area contributed by atoms with Gasteiger partial charge in [0.1, 0.15) is 0 Å². The summed E-state index contributed by atoms with van der Waals surface area (Å²) in [6.45, 7) is 0.591. The van der Waals surface area contributed by atoms with E-state index in [0.717, 1.165) is 11.3 Å². The molecule has 16 heavy (non-hydrogen) atoms. The quantitative estimate of drug-likeness (QED) is 0.737. The Kier molecular flexibility index (Phi) is 2.59. The molecule has 2 aromatic rings. The predicted molar refractivity (Wildman–Crippen MR) is 60.7 cm³/mol. The minimum absolute atomic E-state index is 0.412. The number of carbonyl (C=O) groups is 1. The van der Waals surface area contributed by atoms with Gasteiger partial charge in [-0.2, -0.15) is 5.10 Å². The van der Waals surface area contributed by atoms with Crippen molar-refractivity contribution in [2.45, 2.75) is 6.54 Å². The van der Waals surface area contributed by atoms with Crippen LogP contribution in [0.4, 0.5) is 5.69 Å². The highest BCUT2D eigenvalue weighted by Gasteiger charge is 2.03. The van der Waals surface area contributed by atoms with Crippen LogP contribution in [0.1, 0.15) is 15.9 Å². The number of nitrogen functional groups attached to an aromatic ring is 1. The van der Waals surface area contributed by atoms with Crippen LogP contribution in [0.25, 0.3) is 0 Å². The molecule has 0 saturated heterocycles. The van der Waals surface area contributed by atoms with Crippen molar-refractivity contribution >= 4 is 11.6 Å². The number of hydrogen-bond acceptors (Lipinski definition) is 3. The fourth-order valence-electron chi connectivity index (χ4n) is 1.39. The van der Waals surface area contributed by atoms with Crippen LogP contribution in [0, 0.1) is 0 Å². The summed E-state index contributed by atoms with van der Waals surface area (Å²) < 4.78 is 1.66. The monoisotopic (exact) mass is 216 g/mol. The molecule has 0 aliphatic carbocycles. The Morgan fingerprint density at radius 1 is 1.31 bits per heavy atom. The Hall–Kier alpha value is -2.30. The summed E-state index contributed by atoms with van der Waals surface area (Å²) in [5, 5.41) is 4.04. The van der Waals surface area contributed by atoms with Crippen LogP contribution in [-0.4, -0.2) is 15.7 Å². The summed E-state index contributed by atoms with van der Waals surface area (Å²) in [5.41, 5.74) is 12.9. The molecule has 0 unspecified atom stereocenters. The first-order valence-electron chi connectivity index (χ1n) is 4.82. The van der Waals surface area contributed by atoms with Crippen molar-refractivity contribution in [2.75, 3.05) is 5.73 Å². The van der Waals surface area contributed by atoms with Gasteiger partial charge in [0.15, 0.2) is 0 Å². The van der Waals surface area contributed by atoms with Gasteiger partial charge in [-0.05, 0) is 17.7 Å². The number of carbonyl (C=O) groups excluding carboxylic acids is 1. The second-order valence-electron chi connectivity index (χ2n) is 3.53. The molecule has 0 spiro atoms. The molecule has 1 aromatic heterocycles. The number of rotatable bonds is 3. The lowest BCUT2D eigenvalue weighted by Gasteiger charge is -2.01. The third kappa shape index (κ3) is 2.20. The Balaban J connectivity index is 2.14. The molecule has 0 fully saturated rings. The molecule has 82 valence electrons. The molecule has 1 amide bonds. The SMILES string of the molecule is NC(=O)c1cnn(Cc2ccc(N)cc2)c1. The summed E-state index contributed by atoms with van der Waals surface area (Å²) in [7, 11) is 0. The van der Waals surface area contributed by atoms with Gasteiger partial charge in [0.25, 0.3) is 5.91 Å². The summed E-state index contributed by atoms with van der Waals surface area (Å²) in [6.07, 6.45) is 3.08. The Morgan fingerprint density at radius 2 is 2.00 bits per heavy atom. The van der Waals surface area contributed by atoms with Crippen LogP contribution in [0.3, 0.4) is 0 Å². The highest BCUT2D eigenvalue weighted by atomic mass is 16.1. The van der Waals surface area contributed by atoms with Crippen LogP contribution < -0.4 is 11.5 Å². The lowest BCUT2D eigenvalue weighted by molar-refractivity contribution is 0.1000. The molecule has 0 bridgehead atoms. The Morgan fingerprint density at radius 3 is 2.56 bits per heavy atom. The van der Waals surface area contributed by atoms with Gasteiger partial charge in [-0.15, -0.1) is 0 Å². The molecule has 0 aliphatic rings. The average molecular weight is 216 g/mol. The molecule has 1 heterocycles. The second kappa shape index (κ2) is 4.06. The maximum absolute atomic E-state index is 10.9. The fraction of sp³-hybridized carbons (Fsp3) is 0.0909. The van der Waals surface area contributed by atoms with Gasteiger partial charge in [0.2, 0.25) is 0 Å². The second-order valence-corrected chi connectivity index (χ2v) is 3.53. The van der Waals surface area contributed by atoms with Crippen LogP contribution in [0.15, 0.2) is 36.7 Å². The normalized spacial score (nSPS) is 10.2. The van der Waals surface area contributed by atoms with Crippen molar-refractivity contribution in [3.8, 4) is 0 Å². The molecule has 2 rings (SSSR count). The Labute approximate surface area is 92.7 Å². The highest BCUT2D eigenvalue weighted by Crippen LogP contribution is 2.07. The van der Waals surface area contributed by atoms with Gasteiger partial charge in [-0.25, -0.2) is 0 Å². The van der Waals surface area contributed by atoms with E-state index in [1.54, 1.807) is 10.9 Å². The summed E-state index contributed by atoms with van der Waals surface area (Å²) in [4.78, 5) is 10.9. The maximum Gasteiger partial charge on any atom is 0.251 e. The number of nitrogens with zero attached hydrogens (tertiary/aromatic N) is 2. The smallest absolute Gasteiger partial charge is 0.251 e.